The Labute approximate surface area is 235 Å². The Morgan fingerprint density at radius 3 is 1.93 bits per heavy atom. The molecule has 1 aliphatic carbocycles. The Morgan fingerprint density at radius 1 is 0.659 bits per heavy atom. The Balaban J connectivity index is 1.29. The zero-order valence-electron chi connectivity index (χ0n) is 22.2. The number of aryl methyl sites for hydroxylation is 4. The van der Waals surface area contributed by atoms with Crippen LogP contribution in [0.1, 0.15) is 51.6 Å². The van der Waals surface area contributed by atoms with Crippen LogP contribution in [-0.4, -0.2) is 22.4 Å². The SMILES string of the molecule is O=c1cc(CCc2ccccc2)oc2c1C1c3c(ccc4oc(CCc5ccccc5)cc(=O)c34)OC(C2O)C1O. The van der Waals surface area contributed by atoms with Crippen LogP contribution < -0.4 is 15.6 Å². The quantitative estimate of drug-likeness (QED) is 0.319. The van der Waals surface area contributed by atoms with Gasteiger partial charge in [0.1, 0.15) is 34.7 Å². The molecule has 2 N–H and O–H groups in total. The molecule has 206 valence electrons. The van der Waals surface area contributed by atoms with Gasteiger partial charge in [-0.05, 0) is 36.1 Å². The van der Waals surface area contributed by atoms with Gasteiger partial charge in [-0.15, -0.1) is 0 Å². The van der Waals surface area contributed by atoms with Crippen LogP contribution in [0.5, 0.6) is 5.75 Å². The van der Waals surface area contributed by atoms with Gasteiger partial charge in [0.15, 0.2) is 23.1 Å². The molecule has 4 atom stereocenters. The van der Waals surface area contributed by atoms with Crippen molar-refractivity contribution in [2.75, 3.05) is 0 Å². The van der Waals surface area contributed by atoms with E-state index in [-0.39, 0.29) is 27.6 Å². The Morgan fingerprint density at radius 2 is 1.27 bits per heavy atom. The van der Waals surface area contributed by atoms with Crippen LogP contribution in [0.4, 0.5) is 0 Å². The summed E-state index contributed by atoms with van der Waals surface area (Å²) < 4.78 is 18.3. The van der Waals surface area contributed by atoms with E-state index in [0.717, 1.165) is 11.1 Å². The summed E-state index contributed by atoms with van der Waals surface area (Å²) in [5.74, 6) is 0.477. The number of hydrogen-bond donors (Lipinski definition) is 2. The molecule has 0 fully saturated rings. The summed E-state index contributed by atoms with van der Waals surface area (Å²) >= 11 is 0. The van der Waals surface area contributed by atoms with E-state index >= 15 is 0 Å². The monoisotopic (exact) mass is 548 g/mol. The fraction of sp³-hybridized carbons (Fsp3) is 0.235. The van der Waals surface area contributed by atoms with Crippen molar-refractivity contribution >= 4 is 11.0 Å². The lowest BCUT2D eigenvalue weighted by atomic mass is 9.73. The van der Waals surface area contributed by atoms with Crippen molar-refractivity contribution in [3.8, 4) is 5.75 Å². The summed E-state index contributed by atoms with van der Waals surface area (Å²) in [6, 6.07) is 26.0. The van der Waals surface area contributed by atoms with E-state index < -0.39 is 24.2 Å². The molecule has 5 aromatic rings. The lowest BCUT2D eigenvalue weighted by molar-refractivity contribution is -0.0822. The van der Waals surface area contributed by atoms with Crippen LogP contribution in [0, 0.1) is 0 Å². The highest BCUT2D eigenvalue weighted by Crippen LogP contribution is 2.50. The van der Waals surface area contributed by atoms with Crippen molar-refractivity contribution in [2.24, 2.45) is 0 Å². The number of ether oxygens (including phenoxy) is 1. The predicted molar refractivity (Wildman–Crippen MR) is 152 cm³/mol. The molecule has 4 unspecified atom stereocenters. The van der Waals surface area contributed by atoms with E-state index in [1.165, 1.54) is 12.1 Å². The lowest BCUT2D eigenvalue weighted by Crippen LogP contribution is -2.50. The third-order valence-corrected chi connectivity index (χ3v) is 8.16. The fourth-order valence-corrected chi connectivity index (χ4v) is 6.18. The average Bonchev–Trinajstić information content (AvgIpc) is 2.98. The summed E-state index contributed by atoms with van der Waals surface area (Å²) in [6.07, 6.45) is -1.28. The zero-order chi connectivity index (χ0) is 28.1. The first kappa shape index (κ1) is 25.5. The van der Waals surface area contributed by atoms with Gasteiger partial charge in [-0.25, -0.2) is 0 Å². The maximum absolute atomic E-state index is 13.6. The molecular formula is C34H28O7. The predicted octanol–water partition coefficient (Wildman–Crippen LogP) is 4.62. The maximum Gasteiger partial charge on any atom is 0.193 e. The normalized spacial score (nSPS) is 20.7. The van der Waals surface area contributed by atoms with Crippen LogP contribution in [-0.2, 0) is 25.7 Å². The minimum Gasteiger partial charge on any atom is -0.484 e. The van der Waals surface area contributed by atoms with Gasteiger partial charge >= 0.3 is 0 Å². The topological polar surface area (TPSA) is 110 Å². The van der Waals surface area contributed by atoms with Crippen molar-refractivity contribution in [1.82, 2.24) is 0 Å². The molecule has 7 rings (SSSR count). The summed E-state index contributed by atoms with van der Waals surface area (Å²) in [4.78, 5) is 27.1. The summed E-state index contributed by atoms with van der Waals surface area (Å²) in [5.41, 5.74) is 2.47. The number of aliphatic hydroxyl groups excluding tert-OH is 2. The summed E-state index contributed by atoms with van der Waals surface area (Å²) in [5, 5.41) is 22.7. The van der Waals surface area contributed by atoms with Gasteiger partial charge in [0, 0.05) is 30.5 Å². The smallest absolute Gasteiger partial charge is 0.193 e. The molecule has 0 spiro atoms. The number of fused-ring (bicyclic) bond motifs is 8. The van der Waals surface area contributed by atoms with Gasteiger partial charge < -0.3 is 23.8 Å². The van der Waals surface area contributed by atoms with Gasteiger partial charge in [-0.2, -0.15) is 0 Å². The second-order valence-electron chi connectivity index (χ2n) is 10.7. The van der Waals surface area contributed by atoms with Crippen LogP contribution in [0.15, 0.2) is 103 Å². The molecule has 0 saturated carbocycles. The molecule has 2 aromatic heterocycles. The lowest BCUT2D eigenvalue weighted by Gasteiger charge is -2.43. The molecule has 0 amide bonds. The first-order valence-electron chi connectivity index (χ1n) is 13.8. The van der Waals surface area contributed by atoms with Crippen molar-refractivity contribution in [1.29, 1.82) is 0 Å². The summed E-state index contributed by atoms with van der Waals surface area (Å²) in [7, 11) is 0. The molecule has 3 aromatic carbocycles. The number of aliphatic hydroxyl groups is 2. The van der Waals surface area contributed by atoms with Crippen LogP contribution in [0.25, 0.3) is 11.0 Å². The minimum atomic E-state index is -1.35. The second kappa shape index (κ2) is 10.2. The molecular weight excluding hydrogens is 520 g/mol. The molecule has 2 bridgehead atoms. The van der Waals surface area contributed by atoms with Gasteiger partial charge in [0.05, 0.1) is 16.9 Å². The van der Waals surface area contributed by atoms with Gasteiger partial charge in [0.25, 0.3) is 0 Å². The second-order valence-corrected chi connectivity index (χ2v) is 10.7. The van der Waals surface area contributed by atoms with E-state index in [4.69, 9.17) is 13.6 Å². The molecule has 7 nitrogen and oxygen atoms in total. The van der Waals surface area contributed by atoms with E-state index in [1.807, 2.05) is 60.7 Å². The Kier molecular flexibility index (Phi) is 6.33. The number of rotatable bonds is 6. The summed E-state index contributed by atoms with van der Waals surface area (Å²) in [6.45, 7) is 0. The van der Waals surface area contributed by atoms with E-state index in [0.29, 0.717) is 54.1 Å². The molecule has 0 saturated heterocycles. The standard InChI is InChI=1S/C34H28O7/c35-23-17-21(13-11-19-7-3-1-4-8-19)39-25-15-16-26-29(27(23)25)30-28-24(36)18-22(14-12-20-9-5-2-6-10-20)40-33(28)32(38)34(41-26)31(30)37/h1-10,15-18,30-32,34,37-38H,11-14H2. The van der Waals surface area contributed by atoms with E-state index in [2.05, 4.69) is 0 Å². The number of hydrogen-bond acceptors (Lipinski definition) is 7. The highest BCUT2D eigenvalue weighted by molar-refractivity contribution is 5.85. The van der Waals surface area contributed by atoms with Crippen molar-refractivity contribution in [3.05, 3.63) is 145 Å². The highest BCUT2D eigenvalue weighted by atomic mass is 16.5. The minimum absolute atomic E-state index is 0.0763. The number of benzene rings is 3. The van der Waals surface area contributed by atoms with Crippen LogP contribution >= 0.6 is 0 Å². The highest BCUT2D eigenvalue weighted by Gasteiger charge is 2.51. The van der Waals surface area contributed by atoms with Crippen molar-refractivity contribution < 1.29 is 23.8 Å². The molecule has 0 radical (unpaired) electrons. The molecule has 41 heavy (non-hydrogen) atoms. The van der Waals surface area contributed by atoms with Crippen molar-refractivity contribution in [3.63, 3.8) is 0 Å². The third-order valence-electron chi connectivity index (χ3n) is 8.16. The van der Waals surface area contributed by atoms with E-state index in [9.17, 15) is 19.8 Å². The largest absolute Gasteiger partial charge is 0.484 e. The first-order chi connectivity index (χ1) is 20.0. The van der Waals surface area contributed by atoms with Crippen molar-refractivity contribution in [2.45, 2.75) is 49.9 Å². The maximum atomic E-state index is 13.6. The van der Waals surface area contributed by atoms with Gasteiger partial charge in [-0.3, -0.25) is 9.59 Å². The Bertz CT molecular complexity index is 1860. The molecule has 2 aliphatic rings. The molecule has 3 heterocycles. The molecule has 7 heteroatoms. The van der Waals surface area contributed by atoms with Crippen LogP contribution in [0.3, 0.4) is 0 Å². The Hall–Kier alpha value is -4.46. The van der Waals surface area contributed by atoms with Crippen LogP contribution in [0.2, 0.25) is 0 Å². The zero-order valence-corrected chi connectivity index (χ0v) is 22.2. The first-order valence-corrected chi connectivity index (χ1v) is 13.8. The molecule has 1 aliphatic heterocycles. The fourth-order valence-electron chi connectivity index (χ4n) is 6.18. The average molecular weight is 549 g/mol. The van der Waals surface area contributed by atoms with Gasteiger partial charge in [0.2, 0.25) is 0 Å². The third kappa shape index (κ3) is 4.47. The van der Waals surface area contributed by atoms with Gasteiger partial charge in [-0.1, -0.05) is 60.7 Å². The van der Waals surface area contributed by atoms with E-state index in [1.54, 1.807) is 12.1 Å².